The molecule has 1 amide bonds. The molecule has 0 unspecified atom stereocenters. The zero-order valence-corrected chi connectivity index (χ0v) is 23.1. The number of carbonyl (C=O) groups excluding carboxylic acids is 1. The van der Waals surface area contributed by atoms with Crippen LogP contribution in [0.2, 0.25) is 0 Å². The Labute approximate surface area is 242 Å². The Bertz CT molecular complexity index is 1490. The van der Waals surface area contributed by atoms with Gasteiger partial charge in [-0.1, -0.05) is 6.07 Å². The number of carbonyl (C=O) groups is 1. The molecule has 220 valence electrons. The van der Waals surface area contributed by atoms with E-state index in [2.05, 4.69) is 20.1 Å². The molecule has 42 heavy (non-hydrogen) atoms. The summed E-state index contributed by atoms with van der Waals surface area (Å²) in [5.41, 5.74) is 1.77. The number of hydrogen-bond acceptors (Lipinski definition) is 6. The van der Waals surface area contributed by atoms with E-state index in [-0.39, 0.29) is 23.8 Å². The lowest BCUT2D eigenvalue weighted by atomic mass is 10.0. The van der Waals surface area contributed by atoms with Gasteiger partial charge in [0.15, 0.2) is 5.76 Å². The normalized spacial score (nSPS) is 17.5. The van der Waals surface area contributed by atoms with Crippen molar-refractivity contribution in [2.45, 2.75) is 50.6 Å². The van der Waals surface area contributed by atoms with Gasteiger partial charge >= 0.3 is 6.18 Å². The molecule has 2 aromatic carbocycles. The summed E-state index contributed by atoms with van der Waals surface area (Å²) in [6.07, 6.45) is 0.677. The summed E-state index contributed by atoms with van der Waals surface area (Å²) < 4.78 is 50.7. The molecule has 6 rings (SSSR count). The highest BCUT2D eigenvalue weighted by atomic mass is 19.4. The number of likely N-dealkylation sites (tertiary alicyclic amines) is 1. The number of aromatic nitrogens is 1. The molecule has 2 aliphatic heterocycles. The first-order valence-electron chi connectivity index (χ1n) is 14.4. The minimum Gasteiger partial charge on any atom is -0.490 e. The van der Waals surface area contributed by atoms with E-state index in [0.29, 0.717) is 24.4 Å². The number of ether oxygens (including phenoxy) is 1. The maximum Gasteiger partial charge on any atom is 0.416 e. The van der Waals surface area contributed by atoms with Gasteiger partial charge in [-0.3, -0.25) is 14.7 Å². The number of rotatable bonds is 7. The summed E-state index contributed by atoms with van der Waals surface area (Å²) in [6, 6.07) is 18.7. The number of amides is 1. The average Bonchev–Trinajstić information content (AvgIpc) is 3.43. The van der Waals surface area contributed by atoms with Gasteiger partial charge in [0.05, 0.1) is 11.3 Å². The molecule has 0 atom stereocenters. The van der Waals surface area contributed by atoms with E-state index in [1.54, 1.807) is 6.07 Å². The third-order valence-electron chi connectivity index (χ3n) is 8.05. The molecule has 2 saturated heterocycles. The Hall–Kier alpha value is -4.05. The Kier molecular flexibility index (Phi) is 8.06. The Morgan fingerprint density at radius 2 is 1.71 bits per heavy atom. The molecule has 0 bridgehead atoms. The number of benzene rings is 2. The molecule has 0 radical (unpaired) electrons. The predicted molar refractivity (Wildman–Crippen MR) is 154 cm³/mol. The number of nitrogens with zero attached hydrogens (tertiary/aromatic N) is 3. The fraction of sp³-hybridized carbons (Fsp3) is 0.375. The second kappa shape index (κ2) is 12.1. The van der Waals surface area contributed by atoms with Crippen LogP contribution in [0, 0.1) is 0 Å². The number of nitrogens with one attached hydrogen (secondary N) is 1. The third-order valence-corrected chi connectivity index (χ3v) is 8.05. The number of alkyl halides is 3. The quantitative estimate of drug-likeness (QED) is 0.278. The van der Waals surface area contributed by atoms with Crippen LogP contribution in [-0.4, -0.2) is 54.1 Å². The summed E-state index contributed by atoms with van der Waals surface area (Å²) in [6.45, 7) is 3.97. The van der Waals surface area contributed by atoms with Crippen LogP contribution >= 0.6 is 0 Å². The second-order valence-corrected chi connectivity index (χ2v) is 11.0. The smallest absolute Gasteiger partial charge is 0.416 e. The number of piperidine rings is 2. The van der Waals surface area contributed by atoms with E-state index in [9.17, 15) is 18.0 Å². The number of fused-ring (bicyclic) bond motifs is 1. The number of halogens is 3. The molecule has 7 nitrogen and oxygen atoms in total. The van der Waals surface area contributed by atoms with Gasteiger partial charge in [-0.05, 0) is 67.4 Å². The lowest BCUT2D eigenvalue weighted by molar-refractivity contribution is -0.137. The fourth-order valence-corrected chi connectivity index (χ4v) is 5.69. The van der Waals surface area contributed by atoms with Crippen LogP contribution in [0.1, 0.15) is 47.5 Å². The first-order valence-corrected chi connectivity index (χ1v) is 14.4. The number of pyridine rings is 1. The SMILES string of the molecule is O=C(NC1CCN(Cc2ccccn2)CC1)c1cc2ccc(OC3CCN(c4ccc(C(F)(F)F)cc4)CC3)cc2o1. The highest BCUT2D eigenvalue weighted by Crippen LogP contribution is 2.32. The van der Waals surface area contributed by atoms with Crippen molar-refractivity contribution in [1.29, 1.82) is 0 Å². The van der Waals surface area contributed by atoms with Crippen LogP contribution in [0.15, 0.2) is 77.3 Å². The van der Waals surface area contributed by atoms with Crippen LogP contribution in [0.4, 0.5) is 18.9 Å². The van der Waals surface area contributed by atoms with Gasteiger partial charge in [0, 0.05) is 74.9 Å². The Morgan fingerprint density at radius 1 is 0.952 bits per heavy atom. The first-order chi connectivity index (χ1) is 20.3. The standard InChI is InChI=1S/C32H33F3N4O3/c33-32(34,35)23-5-7-26(8-6-23)39-17-12-27(13-18-39)41-28-9-4-22-19-30(42-29(22)20-28)31(40)37-24-10-15-38(16-11-24)21-25-3-1-2-14-36-25/h1-9,14,19-20,24,27H,10-13,15-18,21H2,(H,37,40). The van der Waals surface area contributed by atoms with Crippen molar-refractivity contribution >= 4 is 22.6 Å². The van der Waals surface area contributed by atoms with E-state index >= 15 is 0 Å². The van der Waals surface area contributed by atoms with Gasteiger partial charge in [0.2, 0.25) is 0 Å². The monoisotopic (exact) mass is 578 g/mol. The van der Waals surface area contributed by atoms with Crippen molar-refractivity contribution < 1.29 is 27.1 Å². The van der Waals surface area contributed by atoms with E-state index in [1.807, 2.05) is 42.6 Å². The number of anilines is 1. The van der Waals surface area contributed by atoms with Crippen molar-refractivity contribution in [2.75, 3.05) is 31.1 Å². The van der Waals surface area contributed by atoms with Crippen molar-refractivity contribution in [2.24, 2.45) is 0 Å². The zero-order valence-electron chi connectivity index (χ0n) is 23.1. The van der Waals surface area contributed by atoms with Crippen LogP contribution in [-0.2, 0) is 12.7 Å². The molecule has 4 aromatic rings. The minimum absolute atomic E-state index is 0.0191. The Balaban J connectivity index is 0.989. The molecule has 2 fully saturated rings. The van der Waals surface area contributed by atoms with Crippen molar-refractivity contribution in [1.82, 2.24) is 15.2 Å². The molecule has 10 heteroatoms. The van der Waals surface area contributed by atoms with Crippen molar-refractivity contribution in [3.8, 4) is 5.75 Å². The van der Waals surface area contributed by atoms with Gasteiger partial charge < -0.3 is 19.4 Å². The highest BCUT2D eigenvalue weighted by molar-refractivity contribution is 5.96. The molecule has 0 saturated carbocycles. The maximum atomic E-state index is 13.0. The lowest BCUT2D eigenvalue weighted by Gasteiger charge is -2.33. The Morgan fingerprint density at radius 3 is 2.40 bits per heavy atom. The van der Waals surface area contributed by atoms with Crippen LogP contribution in [0.3, 0.4) is 0 Å². The molecule has 0 aliphatic carbocycles. The van der Waals surface area contributed by atoms with Crippen molar-refractivity contribution in [3.05, 3.63) is 89.9 Å². The molecule has 2 aromatic heterocycles. The molecule has 4 heterocycles. The van der Waals surface area contributed by atoms with Gasteiger partial charge in [-0.2, -0.15) is 13.2 Å². The summed E-state index contributed by atoms with van der Waals surface area (Å²) in [7, 11) is 0. The van der Waals surface area contributed by atoms with Crippen LogP contribution in [0.5, 0.6) is 5.75 Å². The lowest BCUT2D eigenvalue weighted by Crippen LogP contribution is -2.44. The maximum absolute atomic E-state index is 13.0. The highest BCUT2D eigenvalue weighted by Gasteiger charge is 2.30. The van der Waals surface area contributed by atoms with Gasteiger partial charge in [0.1, 0.15) is 17.4 Å². The van der Waals surface area contributed by atoms with Gasteiger partial charge in [-0.25, -0.2) is 0 Å². The molecule has 0 spiro atoms. The van der Waals surface area contributed by atoms with E-state index in [4.69, 9.17) is 9.15 Å². The molecule has 1 N–H and O–H groups in total. The fourth-order valence-electron chi connectivity index (χ4n) is 5.69. The zero-order chi connectivity index (χ0) is 29.1. The summed E-state index contributed by atoms with van der Waals surface area (Å²) in [5, 5.41) is 3.95. The summed E-state index contributed by atoms with van der Waals surface area (Å²) in [4.78, 5) is 21.8. The van der Waals surface area contributed by atoms with E-state index in [1.165, 1.54) is 12.1 Å². The topological polar surface area (TPSA) is 70.8 Å². The molecule has 2 aliphatic rings. The van der Waals surface area contributed by atoms with Gasteiger partial charge in [-0.15, -0.1) is 0 Å². The van der Waals surface area contributed by atoms with E-state index in [0.717, 1.165) is 74.2 Å². The summed E-state index contributed by atoms with van der Waals surface area (Å²) in [5.74, 6) is 0.729. The summed E-state index contributed by atoms with van der Waals surface area (Å²) >= 11 is 0. The third kappa shape index (κ3) is 6.70. The average molecular weight is 579 g/mol. The van der Waals surface area contributed by atoms with Gasteiger partial charge in [0.25, 0.3) is 5.91 Å². The predicted octanol–water partition coefficient (Wildman–Crippen LogP) is 6.29. The van der Waals surface area contributed by atoms with Crippen molar-refractivity contribution in [3.63, 3.8) is 0 Å². The number of furan rings is 1. The largest absolute Gasteiger partial charge is 0.490 e. The van der Waals surface area contributed by atoms with Crippen LogP contribution in [0.25, 0.3) is 11.0 Å². The molecular formula is C32H33F3N4O3. The molecular weight excluding hydrogens is 545 g/mol. The minimum atomic E-state index is -4.34. The second-order valence-electron chi connectivity index (χ2n) is 11.0. The van der Waals surface area contributed by atoms with Crippen LogP contribution < -0.4 is 15.0 Å². The number of hydrogen-bond donors (Lipinski definition) is 1. The first kappa shape index (κ1) is 28.1. The van der Waals surface area contributed by atoms with E-state index < -0.39 is 11.7 Å².